The Hall–Kier alpha value is -3.36. The molecule has 9 heteroatoms. The third kappa shape index (κ3) is 9.61. The zero-order valence-electron chi connectivity index (χ0n) is 24.4. The van der Waals surface area contributed by atoms with Crippen LogP contribution in [0.2, 0.25) is 5.02 Å². The Balaban J connectivity index is 2.04. The molecule has 0 aromatic heterocycles. The third-order valence-corrected chi connectivity index (χ3v) is 8.10. The molecule has 2 amide bonds. The van der Waals surface area contributed by atoms with Gasteiger partial charge in [-0.15, -0.1) is 0 Å². The number of sulfonamides is 1. The maximum Gasteiger partial charge on any atom is 0.244 e. The summed E-state index contributed by atoms with van der Waals surface area (Å²) in [6.45, 7) is 8.17. The monoisotopic (exact) mass is 597 g/mol. The second-order valence-electron chi connectivity index (χ2n) is 11.0. The third-order valence-electron chi connectivity index (χ3n) is 6.72. The molecule has 0 heterocycles. The first kappa shape index (κ1) is 32.2. The van der Waals surface area contributed by atoms with Crippen molar-refractivity contribution in [1.82, 2.24) is 10.2 Å². The van der Waals surface area contributed by atoms with Crippen molar-refractivity contribution in [3.8, 4) is 0 Å². The maximum atomic E-state index is 14.1. The first-order chi connectivity index (χ1) is 19.3. The molecule has 3 aromatic carbocycles. The van der Waals surface area contributed by atoms with Gasteiger partial charge in [0.1, 0.15) is 12.6 Å². The van der Waals surface area contributed by atoms with Gasteiger partial charge in [0.25, 0.3) is 0 Å². The highest BCUT2D eigenvalue weighted by Gasteiger charge is 2.33. The Morgan fingerprint density at radius 1 is 0.878 bits per heavy atom. The topological polar surface area (TPSA) is 86.8 Å². The lowest BCUT2D eigenvalue weighted by molar-refractivity contribution is -0.140. The van der Waals surface area contributed by atoms with Crippen molar-refractivity contribution in [2.75, 3.05) is 23.7 Å². The molecule has 0 fully saturated rings. The number of carbonyl (C=O) groups is 2. The molecule has 1 atom stereocenters. The number of benzene rings is 3. The number of amides is 2. The van der Waals surface area contributed by atoms with Gasteiger partial charge in [0.15, 0.2) is 0 Å². The summed E-state index contributed by atoms with van der Waals surface area (Å²) in [6, 6.07) is 22.8. The van der Waals surface area contributed by atoms with E-state index < -0.39 is 28.5 Å². The van der Waals surface area contributed by atoms with E-state index >= 15 is 0 Å². The number of carbonyl (C=O) groups excluding carboxylic acids is 2. The lowest BCUT2D eigenvalue weighted by Gasteiger charge is -2.33. The summed E-state index contributed by atoms with van der Waals surface area (Å²) in [7, 11) is -3.82. The molecule has 0 spiro atoms. The lowest BCUT2D eigenvalue weighted by Crippen LogP contribution is -2.53. The molecular weight excluding hydrogens is 558 g/mol. The highest BCUT2D eigenvalue weighted by atomic mass is 35.5. The Labute approximate surface area is 249 Å². The fourth-order valence-electron chi connectivity index (χ4n) is 4.45. The molecule has 0 unspecified atom stereocenters. The van der Waals surface area contributed by atoms with Gasteiger partial charge < -0.3 is 10.2 Å². The van der Waals surface area contributed by atoms with E-state index in [0.29, 0.717) is 17.3 Å². The van der Waals surface area contributed by atoms with E-state index in [4.69, 9.17) is 11.6 Å². The first-order valence-corrected chi connectivity index (χ1v) is 16.0. The van der Waals surface area contributed by atoms with Crippen LogP contribution in [0.15, 0.2) is 78.9 Å². The van der Waals surface area contributed by atoms with Crippen LogP contribution < -0.4 is 9.62 Å². The molecule has 1 N–H and O–H groups in total. The standard InChI is InChI=1S/C32H40ClN3O4S/c1-23(2)20-34-32(38)30(19-25-10-7-6-8-11-25)35(21-26-12-9-13-28(33)18-26)31(37)22-36(41(5,39)40)29-16-14-27(15-17-29)24(3)4/h6-18,23-24,30H,19-22H2,1-5H3,(H,34,38)/t30-/m0/s1. The van der Waals surface area contributed by atoms with E-state index in [1.165, 1.54) is 4.90 Å². The van der Waals surface area contributed by atoms with Crippen molar-refractivity contribution >= 4 is 39.1 Å². The molecule has 0 aliphatic carbocycles. The van der Waals surface area contributed by atoms with E-state index in [1.807, 2.05) is 62.4 Å². The summed E-state index contributed by atoms with van der Waals surface area (Å²) >= 11 is 6.25. The molecule has 0 saturated heterocycles. The summed E-state index contributed by atoms with van der Waals surface area (Å²) in [5.41, 5.74) is 3.05. The first-order valence-electron chi connectivity index (χ1n) is 13.8. The van der Waals surface area contributed by atoms with E-state index in [9.17, 15) is 18.0 Å². The smallest absolute Gasteiger partial charge is 0.244 e. The Morgan fingerprint density at radius 2 is 1.51 bits per heavy atom. The zero-order valence-corrected chi connectivity index (χ0v) is 26.0. The fourth-order valence-corrected chi connectivity index (χ4v) is 5.51. The Bertz CT molecular complexity index is 1410. The van der Waals surface area contributed by atoms with E-state index in [2.05, 4.69) is 19.2 Å². The minimum absolute atomic E-state index is 0.0792. The van der Waals surface area contributed by atoms with E-state index in [-0.39, 0.29) is 30.7 Å². The SMILES string of the molecule is CC(C)CNC(=O)[C@H](Cc1ccccc1)N(Cc1cccc(Cl)c1)C(=O)CN(c1ccc(C(C)C)cc1)S(C)(=O)=O. The molecular formula is C32H40ClN3O4S. The second kappa shape index (κ2) is 14.5. The number of hydrogen-bond acceptors (Lipinski definition) is 4. The van der Waals surface area contributed by atoms with Crippen LogP contribution in [0.3, 0.4) is 0 Å². The number of rotatable bonds is 13. The summed E-state index contributed by atoms with van der Waals surface area (Å²) in [6.07, 6.45) is 1.34. The van der Waals surface area contributed by atoms with Crippen LogP contribution in [0.25, 0.3) is 0 Å². The molecule has 41 heavy (non-hydrogen) atoms. The van der Waals surface area contributed by atoms with Crippen LogP contribution in [0.1, 0.15) is 50.3 Å². The van der Waals surface area contributed by atoms with Crippen LogP contribution >= 0.6 is 11.6 Å². The number of anilines is 1. The van der Waals surface area contributed by atoms with E-state index in [0.717, 1.165) is 27.3 Å². The predicted octanol–water partition coefficient (Wildman–Crippen LogP) is 5.64. The van der Waals surface area contributed by atoms with Crippen molar-refractivity contribution in [3.05, 3.63) is 101 Å². The minimum atomic E-state index is -3.82. The van der Waals surface area contributed by atoms with Gasteiger partial charge in [-0.2, -0.15) is 0 Å². The molecule has 0 bridgehead atoms. The minimum Gasteiger partial charge on any atom is -0.354 e. The molecule has 3 rings (SSSR count). The number of nitrogens with one attached hydrogen (secondary N) is 1. The largest absolute Gasteiger partial charge is 0.354 e. The van der Waals surface area contributed by atoms with Gasteiger partial charge in [-0.25, -0.2) is 8.42 Å². The van der Waals surface area contributed by atoms with Crippen molar-refractivity contribution < 1.29 is 18.0 Å². The van der Waals surface area contributed by atoms with Crippen molar-refractivity contribution in [1.29, 1.82) is 0 Å². The quantitative estimate of drug-likeness (QED) is 0.276. The van der Waals surface area contributed by atoms with Crippen LogP contribution in [0.5, 0.6) is 0 Å². The molecule has 0 aliphatic heterocycles. The normalized spacial score (nSPS) is 12.3. The summed E-state index contributed by atoms with van der Waals surface area (Å²) in [4.78, 5) is 29.2. The average Bonchev–Trinajstić information content (AvgIpc) is 2.92. The average molecular weight is 598 g/mol. The van der Waals surface area contributed by atoms with Crippen molar-refractivity contribution in [3.63, 3.8) is 0 Å². The van der Waals surface area contributed by atoms with Gasteiger partial charge in [-0.05, 0) is 52.8 Å². The van der Waals surface area contributed by atoms with Gasteiger partial charge >= 0.3 is 0 Å². The lowest BCUT2D eigenvalue weighted by atomic mass is 10.0. The maximum absolute atomic E-state index is 14.1. The van der Waals surface area contributed by atoms with Crippen LogP contribution in [0.4, 0.5) is 5.69 Å². The predicted molar refractivity (Wildman–Crippen MR) is 167 cm³/mol. The number of nitrogens with zero attached hydrogens (tertiary/aromatic N) is 2. The molecule has 0 radical (unpaired) electrons. The van der Waals surface area contributed by atoms with Gasteiger partial charge in [0.05, 0.1) is 11.9 Å². The molecule has 0 saturated carbocycles. The van der Waals surface area contributed by atoms with Crippen LogP contribution in [-0.2, 0) is 32.6 Å². The Kier molecular flexibility index (Phi) is 11.4. The summed E-state index contributed by atoms with van der Waals surface area (Å²) in [5, 5.41) is 3.48. The highest BCUT2D eigenvalue weighted by molar-refractivity contribution is 7.92. The molecule has 7 nitrogen and oxygen atoms in total. The number of halogens is 1. The van der Waals surface area contributed by atoms with Crippen LogP contribution in [-0.4, -0.2) is 50.5 Å². The molecule has 0 aliphatic rings. The number of hydrogen-bond donors (Lipinski definition) is 1. The summed E-state index contributed by atoms with van der Waals surface area (Å²) < 4.78 is 27.0. The molecule has 3 aromatic rings. The van der Waals surface area contributed by atoms with Gasteiger partial charge in [-0.3, -0.25) is 13.9 Å². The van der Waals surface area contributed by atoms with Gasteiger partial charge in [0.2, 0.25) is 21.8 Å². The highest BCUT2D eigenvalue weighted by Crippen LogP contribution is 2.24. The second-order valence-corrected chi connectivity index (χ2v) is 13.4. The molecule has 220 valence electrons. The van der Waals surface area contributed by atoms with E-state index in [1.54, 1.807) is 30.3 Å². The van der Waals surface area contributed by atoms with Crippen molar-refractivity contribution in [2.45, 2.75) is 52.6 Å². The zero-order chi connectivity index (χ0) is 30.2. The van der Waals surface area contributed by atoms with Gasteiger partial charge in [0, 0.05) is 24.5 Å². The summed E-state index contributed by atoms with van der Waals surface area (Å²) in [5.74, 6) is -0.314. The van der Waals surface area contributed by atoms with Crippen LogP contribution in [0, 0.1) is 5.92 Å². The Morgan fingerprint density at radius 3 is 2.07 bits per heavy atom. The van der Waals surface area contributed by atoms with Crippen molar-refractivity contribution in [2.24, 2.45) is 5.92 Å². The van der Waals surface area contributed by atoms with Gasteiger partial charge in [-0.1, -0.05) is 93.9 Å². The fraction of sp³-hybridized carbons (Fsp3) is 0.375.